The Morgan fingerprint density at radius 1 is 1.33 bits per heavy atom. The van der Waals surface area contributed by atoms with Gasteiger partial charge in [0.25, 0.3) is 0 Å². The molecule has 0 saturated carbocycles. The second kappa shape index (κ2) is 3.24. The van der Waals surface area contributed by atoms with Crippen molar-refractivity contribution in [3.8, 4) is 0 Å². The highest BCUT2D eigenvalue weighted by Gasteiger charge is 2.41. The standard InChI is InChI=1S/C13H18N2/c1-15-12-6-3-2-5-11(12)9-13(15)7-4-8-14-10-13/h2-3,5-6,14H,4,7-10H2,1H3. The normalized spacial score (nSPS) is 29.5. The summed E-state index contributed by atoms with van der Waals surface area (Å²) in [6.07, 6.45) is 3.84. The monoisotopic (exact) mass is 202 g/mol. The molecule has 1 aromatic rings. The molecule has 1 saturated heterocycles. The fourth-order valence-electron chi connectivity index (χ4n) is 3.11. The van der Waals surface area contributed by atoms with E-state index in [0.29, 0.717) is 5.54 Å². The number of nitrogens with one attached hydrogen (secondary N) is 1. The lowest BCUT2D eigenvalue weighted by Gasteiger charge is -2.41. The number of likely N-dealkylation sites (N-methyl/N-ethyl adjacent to an activating group) is 1. The van der Waals surface area contributed by atoms with Crippen molar-refractivity contribution in [2.24, 2.45) is 0 Å². The van der Waals surface area contributed by atoms with Crippen LogP contribution in [0.1, 0.15) is 18.4 Å². The molecule has 80 valence electrons. The van der Waals surface area contributed by atoms with Crippen molar-refractivity contribution in [2.75, 3.05) is 25.0 Å². The lowest BCUT2D eigenvalue weighted by molar-refractivity contribution is 0.315. The smallest absolute Gasteiger partial charge is 0.0564 e. The number of para-hydroxylation sites is 1. The van der Waals surface area contributed by atoms with Gasteiger partial charge in [0.1, 0.15) is 0 Å². The molecular formula is C13H18N2. The first kappa shape index (κ1) is 9.22. The van der Waals surface area contributed by atoms with Gasteiger partial charge in [0.2, 0.25) is 0 Å². The molecule has 0 bridgehead atoms. The van der Waals surface area contributed by atoms with Crippen LogP contribution in [0.25, 0.3) is 0 Å². The van der Waals surface area contributed by atoms with Gasteiger partial charge in [0.15, 0.2) is 0 Å². The van der Waals surface area contributed by atoms with E-state index in [1.165, 1.54) is 37.1 Å². The molecular weight excluding hydrogens is 184 g/mol. The molecule has 0 aromatic heterocycles. The maximum absolute atomic E-state index is 3.54. The Morgan fingerprint density at radius 3 is 2.93 bits per heavy atom. The van der Waals surface area contributed by atoms with Crippen molar-refractivity contribution in [3.05, 3.63) is 29.8 Å². The van der Waals surface area contributed by atoms with Gasteiger partial charge in [0, 0.05) is 19.3 Å². The Kier molecular flexibility index (Phi) is 1.99. The Balaban J connectivity index is 1.98. The summed E-state index contributed by atoms with van der Waals surface area (Å²) in [6.45, 7) is 2.32. The molecule has 1 unspecified atom stereocenters. The second-order valence-electron chi connectivity index (χ2n) is 4.87. The number of nitrogens with zero attached hydrogens (tertiary/aromatic N) is 1. The first-order valence-corrected chi connectivity index (χ1v) is 5.84. The van der Waals surface area contributed by atoms with Crippen LogP contribution in [0.5, 0.6) is 0 Å². The van der Waals surface area contributed by atoms with Gasteiger partial charge >= 0.3 is 0 Å². The third kappa shape index (κ3) is 1.28. The Bertz CT molecular complexity index is 367. The van der Waals surface area contributed by atoms with Crippen LogP contribution >= 0.6 is 0 Å². The SMILES string of the molecule is CN1c2ccccc2CC12CCCNC2. The quantitative estimate of drug-likeness (QED) is 0.690. The predicted molar refractivity (Wildman–Crippen MR) is 63.4 cm³/mol. The Labute approximate surface area is 91.3 Å². The van der Waals surface area contributed by atoms with Gasteiger partial charge in [-0.05, 0) is 37.4 Å². The number of anilines is 1. The maximum atomic E-state index is 3.54. The van der Waals surface area contributed by atoms with E-state index in [1.807, 2.05) is 0 Å². The van der Waals surface area contributed by atoms with E-state index in [9.17, 15) is 0 Å². The van der Waals surface area contributed by atoms with Crippen molar-refractivity contribution in [3.63, 3.8) is 0 Å². The van der Waals surface area contributed by atoms with Crippen LogP contribution in [0.15, 0.2) is 24.3 Å². The van der Waals surface area contributed by atoms with Gasteiger partial charge in [-0.15, -0.1) is 0 Å². The van der Waals surface area contributed by atoms with Gasteiger partial charge in [-0.2, -0.15) is 0 Å². The van der Waals surface area contributed by atoms with Crippen LogP contribution < -0.4 is 10.2 Å². The molecule has 2 aliphatic rings. The molecule has 2 nitrogen and oxygen atoms in total. The summed E-state index contributed by atoms with van der Waals surface area (Å²) in [4.78, 5) is 2.49. The number of piperidine rings is 1. The number of rotatable bonds is 0. The van der Waals surface area contributed by atoms with Crippen molar-refractivity contribution in [1.29, 1.82) is 0 Å². The highest BCUT2D eigenvalue weighted by Crippen LogP contribution is 2.40. The molecule has 0 amide bonds. The minimum atomic E-state index is 0.363. The minimum Gasteiger partial charge on any atom is -0.367 e. The zero-order chi connectivity index (χ0) is 10.3. The molecule has 0 radical (unpaired) electrons. The number of hydrogen-bond acceptors (Lipinski definition) is 2. The molecule has 1 fully saturated rings. The summed E-state index contributed by atoms with van der Waals surface area (Å²) in [7, 11) is 2.25. The molecule has 1 atom stereocenters. The van der Waals surface area contributed by atoms with Crippen molar-refractivity contribution in [2.45, 2.75) is 24.8 Å². The summed E-state index contributed by atoms with van der Waals surface area (Å²) in [5, 5.41) is 3.54. The topological polar surface area (TPSA) is 15.3 Å². The van der Waals surface area contributed by atoms with Gasteiger partial charge < -0.3 is 10.2 Å². The minimum absolute atomic E-state index is 0.363. The largest absolute Gasteiger partial charge is 0.367 e. The zero-order valence-electron chi connectivity index (χ0n) is 9.29. The molecule has 2 aliphatic heterocycles. The van der Waals surface area contributed by atoms with Gasteiger partial charge in [-0.3, -0.25) is 0 Å². The van der Waals surface area contributed by atoms with Crippen LogP contribution in [0.2, 0.25) is 0 Å². The van der Waals surface area contributed by atoms with E-state index in [1.54, 1.807) is 0 Å². The fraction of sp³-hybridized carbons (Fsp3) is 0.538. The van der Waals surface area contributed by atoms with Gasteiger partial charge in [0.05, 0.1) is 5.54 Å². The van der Waals surface area contributed by atoms with Crippen LogP contribution in [-0.4, -0.2) is 25.7 Å². The van der Waals surface area contributed by atoms with Crippen LogP contribution in [-0.2, 0) is 6.42 Å². The highest BCUT2D eigenvalue weighted by atomic mass is 15.2. The number of hydrogen-bond donors (Lipinski definition) is 1. The second-order valence-corrected chi connectivity index (χ2v) is 4.87. The van der Waals surface area contributed by atoms with E-state index in [-0.39, 0.29) is 0 Å². The molecule has 15 heavy (non-hydrogen) atoms. The average Bonchev–Trinajstić information content (AvgIpc) is 2.54. The molecule has 2 heteroatoms. The first-order valence-electron chi connectivity index (χ1n) is 5.84. The predicted octanol–water partition coefficient (Wildman–Crippen LogP) is 1.80. The average molecular weight is 202 g/mol. The number of benzene rings is 1. The fourth-order valence-corrected chi connectivity index (χ4v) is 3.11. The summed E-state index contributed by atoms with van der Waals surface area (Å²) in [5.74, 6) is 0. The van der Waals surface area contributed by atoms with E-state index >= 15 is 0 Å². The van der Waals surface area contributed by atoms with Crippen LogP contribution in [0.3, 0.4) is 0 Å². The Morgan fingerprint density at radius 2 is 2.20 bits per heavy atom. The van der Waals surface area contributed by atoms with Gasteiger partial charge in [-0.1, -0.05) is 18.2 Å². The molecule has 3 rings (SSSR count). The molecule has 1 spiro atoms. The molecule has 2 heterocycles. The molecule has 0 aliphatic carbocycles. The number of fused-ring (bicyclic) bond motifs is 1. The van der Waals surface area contributed by atoms with E-state index < -0.39 is 0 Å². The zero-order valence-corrected chi connectivity index (χ0v) is 9.29. The first-order chi connectivity index (χ1) is 7.32. The van der Waals surface area contributed by atoms with Crippen molar-refractivity contribution in [1.82, 2.24) is 5.32 Å². The third-order valence-electron chi connectivity index (χ3n) is 4.03. The Hall–Kier alpha value is -1.02. The van der Waals surface area contributed by atoms with Gasteiger partial charge in [-0.25, -0.2) is 0 Å². The third-order valence-corrected chi connectivity index (χ3v) is 4.03. The summed E-state index contributed by atoms with van der Waals surface area (Å²) in [5.41, 5.74) is 3.31. The lowest BCUT2D eigenvalue weighted by atomic mass is 9.86. The van der Waals surface area contributed by atoms with E-state index in [2.05, 4.69) is 41.5 Å². The molecule has 1 aromatic carbocycles. The summed E-state index contributed by atoms with van der Waals surface area (Å²) < 4.78 is 0. The highest BCUT2D eigenvalue weighted by molar-refractivity contribution is 5.61. The van der Waals surface area contributed by atoms with Crippen molar-refractivity contribution < 1.29 is 0 Å². The van der Waals surface area contributed by atoms with Crippen LogP contribution in [0, 0.1) is 0 Å². The summed E-state index contributed by atoms with van der Waals surface area (Å²) >= 11 is 0. The van der Waals surface area contributed by atoms with Crippen LogP contribution in [0.4, 0.5) is 5.69 Å². The molecule has 1 N–H and O–H groups in total. The lowest BCUT2D eigenvalue weighted by Crippen LogP contribution is -2.55. The van der Waals surface area contributed by atoms with E-state index in [0.717, 1.165) is 6.54 Å². The van der Waals surface area contributed by atoms with E-state index in [4.69, 9.17) is 0 Å². The maximum Gasteiger partial charge on any atom is 0.0564 e. The van der Waals surface area contributed by atoms with Crippen molar-refractivity contribution >= 4 is 5.69 Å². The summed E-state index contributed by atoms with van der Waals surface area (Å²) in [6, 6.07) is 8.82.